The van der Waals surface area contributed by atoms with E-state index in [1.165, 1.54) is 17.4 Å². The quantitative estimate of drug-likeness (QED) is 0.457. The molecular formula is C25H27NO7S2. The summed E-state index contributed by atoms with van der Waals surface area (Å²) in [5.74, 6) is 0.615. The maximum absolute atomic E-state index is 14.0. The molecule has 0 spiro atoms. The summed E-state index contributed by atoms with van der Waals surface area (Å²) in [5.41, 5.74) is 0.719. The lowest BCUT2D eigenvalue weighted by molar-refractivity contribution is -0.158. The zero-order chi connectivity index (χ0) is 24.8. The SMILES string of the molecule is CC(C)(C)OC(=O)C1(S(=O)(=O)c2ccc3nc(-c4ccc5c(c4)OCO5)sc3c2)CCCOCC1. The normalized spacial score (nSPS) is 20.5. The van der Waals surface area contributed by atoms with Gasteiger partial charge in [0.15, 0.2) is 26.1 Å². The predicted octanol–water partition coefficient (Wildman–Crippen LogP) is 4.75. The van der Waals surface area contributed by atoms with Crippen molar-refractivity contribution in [3.8, 4) is 22.1 Å². The van der Waals surface area contributed by atoms with Gasteiger partial charge in [0.1, 0.15) is 10.6 Å². The van der Waals surface area contributed by atoms with Crippen LogP contribution >= 0.6 is 11.3 Å². The molecule has 3 heterocycles. The van der Waals surface area contributed by atoms with Crippen LogP contribution in [0.5, 0.6) is 11.5 Å². The molecule has 0 radical (unpaired) electrons. The second-order valence-electron chi connectivity index (χ2n) is 9.68. The summed E-state index contributed by atoms with van der Waals surface area (Å²) >= 11 is 1.38. The molecule has 1 fully saturated rings. The second-order valence-corrected chi connectivity index (χ2v) is 13.0. The Labute approximate surface area is 208 Å². The monoisotopic (exact) mass is 517 g/mol. The Morgan fingerprint density at radius 2 is 1.86 bits per heavy atom. The van der Waals surface area contributed by atoms with Crippen LogP contribution in [0.4, 0.5) is 0 Å². The summed E-state index contributed by atoms with van der Waals surface area (Å²) in [4.78, 5) is 18.1. The van der Waals surface area contributed by atoms with Gasteiger partial charge in [-0.1, -0.05) is 0 Å². The van der Waals surface area contributed by atoms with Crippen molar-refractivity contribution in [2.45, 2.75) is 55.3 Å². The molecule has 0 bridgehead atoms. The fourth-order valence-electron chi connectivity index (χ4n) is 4.33. The number of rotatable bonds is 4. The fourth-order valence-corrected chi connectivity index (χ4v) is 7.40. The number of hydrogen-bond acceptors (Lipinski definition) is 9. The number of hydrogen-bond donors (Lipinski definition) is 0. The molecule has 5 rings (SSSR count). The van der Waals surface area contributed by atoms with E-state index in [1.807, 2.05) is 18.2 Å². The van der Waals surface area contributed by atoms with E-state index in [1.54, 1.807) is 32.9 Å². The van der Waals surface area contributed by atoms with Crippen LogP contribution in [0.3, 0.4) is 0 Å². The molecule has 0 aliphatic carbocycles. The van der Waals surface area contributed by atoms with Crippen molar-refractivity contribution in [1.29, 1.82) is 0 Å². The minimum atomic E-state index is -4.09. The Bertz CT molecular complexity index is 1380. The first-order valence-electron chi connectivity index (χ1n) is 11.5. The molecule has 2 aromatic carbocycles. The van der Waals surface area contributed by atoms with Crippen molar-refractivity contribution >= 4 is 37.4 Å². The molecule has 0 saturated carbocycles. The molecule has 35 heavy (non-hydrogen) atoms. The van der Waals surface area contributed by atoms with E-state index in [-0.39, 0.29) is 31.1 Å². The van der Waals surface area contributed by atoms with Gasteiger partial charge < -0.3 is 18.9 Å². The summed E-state index contributed by atoms with van der Waals surface area (Å²) in [6.45, 7) is 5.98. The molecule has 1 saturated heterocycles. The van der Waals surface area contributed by atoms with Crippen LogP contribution < -0.4 is 9.47 Å². The lowest BCUT2D eigenvalue weighted by Gasteiger charge is -2.33. The van der Waals surface area contributed by atoms with E-state index in [9.17, 15) is 13.2 Å². The molecule has 186 valence electrons. The third kappa shape index (κ3) is 4.39. The lowest BCUT2D eigenvalue weighted by atomic mass is 9.99. The van der Waals surface area contributed by atoms with Crippen molar-refractivity contribution in [3.05, 3.63) is 36.4 Å². The van der Waals surface area contributed by atoms with Gasteiger partial charge in [-0.25, -0.2) is 13.4 Å². The van der Waals surface area contributed by atoms with Gasteiger partial charge in [0, 0.05) is 25.2 Å². The highest BCUT2D eigenvalue weighted by Gasteiger charge is 2.53. The first kappa shape index (κ1) is 24.0. The zero-order valence-corrected chi connectivity index (χ0v) is 21.5. The van der Waals surface area contributed by atoms with Crippen LogP contribution in [-0.4, -0.2) is 49.7 Å². The number of carbonyl (C=O) groups excluding carboxylic acids is 1. The number of fused-ring (bicyclic) bond motifs is 2. The number of esters is 1. The van der Waals surface area contributed by atoms with Crippen LogP contribution in [0.15, 0.2) is 41.3 Å². The number of benzene rings is 2. The van der Waals surface area contributed by atoms with E-state index < -0.39 is 26.2 Å². The molecule has 1 unspecified atom stereocenters. The van der Waals surface area contributed by atoms with E-state index in [2.05, 4.69) is 4.98 Å². The largest absolute Gasteiger partial charge is 0.459 e. The van der Waals surface area contributed by atoms with Crippen molar-refractivity contribution in [3.63, 3.8) is 0 Å². The predicted molar refractivity (Wildman–Crippen MR) is 132 cm³/mol. The van der Waals surface area contributed by atoms with Gasteiger partial charge in [-0.2, -0.15) is 0 Å². The molecule has 0 amide bonds. The van der Waals surface area contributed by atoms with Gasteiger partial charge in [-0.05, 0) is 70.0 Å². The lowest BCUT2D eigenvalue weighted by Crippen LogP contribution is -2.50. The van der Waals surface area contributed by atoms with Crippen molar-refractivity contribution < 1.29 is 32.2 Å². The molecular weight excluding hydrogens is 490 g/mol. The number of nitrogens with zero attached hydrogens (tertiary/aromatic N) is 1. The third-order valence-electron chi connectivity index (χ3n) is 6.09. The van der Waals surface area contributed by atoms with Gasteiger partial charge >= 0.3 is 5.97 Å². The molecule has 1 aromatic heterocycles. The summed E-state index contributed by atoms with van der Waals surface area (Å²) in [6.07, 6.45) is 0.649. The van der Waals surface area contributed by atoms with E-state index in [0.29, 0.717) is 34.7 Å². The van der Waals surface area contributed by atoms with Gasteiger partial charge in [-0.3, -0.25) is 4.79 Å². The van der Waals surface area contributed by atoms with E-state index in [4.69, 9.17) is 18.9 Å². The Morgan fingerprint density at radius 1 is 1.06 bits per heavy atom. The van der Waals surface area contributed by atoms with Crippen LogP contribution in [0.1, 0.15) is 40.0 Å². The summed E-state index contributed by atoms with van der Waals surface area (Å²) in [5, 5.41) is 0.734. The smallest absolute Gasteiger partial charge is 0.328 e. The standard InChI is InChI=1S/C25H27NO7S2/c1-24(2,3)33-23(27)25(9-4-11-30-12-10-25)35(28,29)17-6-7-18-21(14-17)34-22(26-18)16-5-8-19-20(13-16)32-15-31-19/h5-8,13-14H,4,9-12,15H2,1-3H3. The van der Waals surface area contributed by atoms with Crippen LogP contribution in [0, 0.1) is 0 Å². The highest BCUT2D eigenvalue weighted by molar-refractivity contribution is 7.93. The fraction of sp³-hybridized carbons (Fsp3) is 0.440. The summed E-state index contributed by atoms with van der Waals surface area (Å²) in [6, 6.07) is 10.4. The molecule has 0 N–H and O–H groups in total. The minimum absolute atomic E-state index is 0.0490. The number of carbonyl (C=O) groups is 1. The molecule has 8 nitrogen and oxygen atoms in total. The first-order valence-corrected chi connectivity index (χ1v) is 13.8. The van der Waals surface area contributed by atoms with Crippen molar-refractivity contribution in [1.82, 2.24) is 4.98 Å². The topological polar surface area (TPSA) is 101 Å². The maximum atomic E-state index is 14.0. The van der Waals surface area contributed by atoms with Gasteiger partial charge in [-0.15, -0.1) is 11.3 Å². The number of thiazole rings is 1. The summed E-state index contributed by atoms with van der Waals surface area (Å²) < 4.78 is 49.1. The third-order valence-corrected chi connectivity index (χ3v) is 9.64. The van der Waals surface area contributed by atoms with Crippen LogP contribution in [-0.2, 0) is 24.1 Å². The van der Waals surface area contributed by atoms with Crippen LogP contribution in [0.25, 0.3) is 20.8 Å². The van der Waals surface area contributed by atoms with E-state index >= 15 is 0 Å². The minimum Gasteiger partial charge on any atom is -0.459 e. The Hall–Kier alpha value is -2.69. The van der Waals surface area contributed by atoms with Gasteiger partial charge in [0.2, 0.25) is 6.79 Å². The zero-order valence-electron chi connectivity index (χ0n) is 19.8. The molecule has 2 aliphatic heterocycles. The maximum Gasteiger partial charge on any atom is 0.328 e. The highest BCUT2D eigenvalue weighted by atomic mass is 32.2. The van der Waals surface area contributed by atoms with Crippen molar-refractivity contribution in [2.75, 3.05) is 20.0 Å². The van der Waals surface area contributed by atoms with Crippen molar-refractivity contribution in [2.24, 2.45) is 0 Å². The first-order chi connectivity index (χ1) is 16.6. The second kappa shape index (κ2) is 8.76. The molecule has 3 aromatic rings. The number of aromatic nitrogens is 1. The number of ether oxygens (including phenoxy) is 4. The average Bonchev–Trinajstić information content (AvgIpc) is 3.36. The Kier molecular flexibility index (Phi) is 6.01. The molecule has 1 atom stereocenters. The highest BCUT2D eigenvalue weighted by Crippen LogP contribution is 2.41. The Morgan fingerprint density at radius 3 is 2.66 bits per heavy atom. The van der Waals surface area contributed by atoms with E-state index in [0.717, 1.165) is 10.6 Å². The van der Waals surface area contributed by atoms with Gasteiger partial charge in [0.25, 0.3) is 0 Å². The van der Waals surface area contributed by atoms with Gasteiger partial charge in [0.05, 0.1) is 15.1 Å². The molecule has 10 heteroatoms. The Balaban J connectivity index is 1.55. The average molecular weight is 518 g/mol. The number of sulfone groups is 1. The van der Waals surface area contributed by atoms with Crippen LogP contribution in [0.2, 0.25) is 0 Å². The summed E-state index contributed by atoms with van der Waals surface area (Å²) in [7, 11) is -4.09. The molecule has 2 aliphatic rings.